The number of amides is 1. The van der Waals surface area contributed by atoms with E-state index in [1.165, 1.54) is 23.1 Å². The number of ether oxygens (including phenoxy) is 2. The topological polar surface area (TPSA) is 88.1 Å². The molecule has 236 valence electrons. The second-order valence-electron chi connectivity index (χ2n) is 10.8. The fourth-order valence-corrected chi connectivity index (χ4v) is 5.61. The largest absolute Gasteiger partial charge is 0.493 e. The molecule has 1 atom stereocenters. The molecule has 0 bridgehead atoms. The van der Waals surface area contributed by atoms with E-state index in [1.807, 2.05) is 32.9 Å². The number of benzene rings is 3. The van der Waals surface area contributed by atoms with Crippen LogP contribution in [0.1, 0.15) is 61.5 Å². The summed E-state index contributed by atoms with van der Waals surface area (Å²) in [7, 11) is 0. The minimum atomic E-state index is -4.88. The molecule has 0 radical (unpaired) electrons. The van der Waals surface area contributed by atoms with E-state index in [-0.39, 0.29) is 30.4 Å². The first-order valence-corrected chi connectivity index (χ1v) is 14.6. The van der Waals surface area contributed by atoms with Gasteiger partial charge in [-0.2, -0.15) is 13.2 Å². The Labute approximate surface area is 253 Å². The molecule has 1 fully saturated rings. The van der Waals surface area contributed by atoms with Gasteiger partial charge in [-0.15, -0.1) is 0 Å². The van der Waals surface area contributed by atoms with Gasteiger partial charge >= 0.3 is 12.1 Å². The van der Waals surface area contributed by atoms with Crippen molar-refractivity contribution in [2.75, 3.05) is 31.2 Å². The average molecular weight is 617 g/mol. The Kier molecular flexibility index (Phi) is 10.2. The molecule has 3 aromatic rings. The number of alkyl halides is 3. The Bertz CT molecular complexity index is 1470. The summed E-state index contributed by atoms with van der Waals surface area (Å²) in [6.45, 7) is 7.77. The van der Waals surface area contributed by atoms with Gasteiger partial charge in [0.1, 0.15) is 17.3 Å². The van der Waals surface area contributed by atoms with Crippen molar-refractivity contribution >= 4 is 17.6 Å². The van der Waals surface area contributed by atoms with Crippen molar-refractivity contribution in [2.45, 2.75) is 52.8 Å². The molecule has 1 saturated heterocycles. The van der Waals surface area contributed by atoms with E-state index in [1.54, 1.807) is 12.1 Å². The van der Waals surface area contributed by atoms with Crippen LogP contribution in [0.15, 0.2) is 54.6 Å². The van der Waals surface area contributed by atoms with E-state index in [9.17, 15) is 32.3 Å². The summed E-state index contributed by atoms with van der Waals surface area (Å²) in [5, 5.41) is 12.6. The summed E-state index contributed by atoms with van der Waals surface area (Å²) in [5.74, 6) is -1.11. The first-order chi connectivity index (χ1) is 20.9. The number of halogens is 4. The minimum absolute atomic E-state index is 0.0313. The Hall–Kier alpha value is -4.12. The fourth-order valence-electron chi connectivity index (χ4n) is 5.61. The van der Waals surface area contributed by atoms with Gasteiger partial charge < -0.3 is 24.8 Å². The number of carbonyl (C=O) groups is 2. The molecular formula is C33H36F4N2O5. The van der Waals surface area contributed by atoms with Crippen LogP contribution in [0.2, 0.25) is 0 Å². The number of hydrogen-bond acceptors (Lipinski definition) is 5. The van der Waals surface area contributed by atoms with Crippen molar-refractivity contribution in [3.8, 4) is 22.6 Å². The standard InChI is InChI=1S/C33H36F4N2O5/c1-4-32(18-29(40)39(20-32)24-11-12-25(31(41)42)26(17-24)33(35,36)37)13-14-38-19-21-15-27(43-5-2)30(28(16-21)44-6-3)22-7-9-23(34)10-8-22/h7-12,15-17,38H,4-6,13-14,18-20H2,1-3H3,(H,41,42). The Balaban J connectivity index is 1.48. The number of aromatic carboxylic acids is 1. The maximum Gasteiger partial charge on any atom is 0.417 e. The number of rotatable bonds is 13. The van der Waals surface area contributed by atoms with Crippen molar-refractivity contribution in [1.82, 2.24) is 5.32 Å². The van der Waals surface area contributed by atoms with Crippen LogP contribution in [0.25, 0.3) is 11.1 Å². The lowest BCUT2D eigenvalue weighted by molar-refractivity contribution is -0.138. The zero-order valence-corrected chi connectivity index (χ0v) is 24.9. The lowest BCUT2D eigenvalue weighted by atomic mass is 9.81. The predicted molar refractivity (Wildman–Crippen MR) is 159 cm³/mol. The highest BCUT2D eigenvalue weighted by Crippen LogP contribution is 2.43. The zero-order valence-electron chi connectivity index (χ0n) is 24.9. The molecule has 0 aromatic heterocycles. The first kappa shape index (κ1) is 32.8. The van der Waals surface area contributed by atoms with E-state index < -0.39 is 28.7 Å². The third kappa shape index (κ3) is 7.32. The van der Waals surface area contributed by atoms with Crippen LogP contribution in [0.3, 0.4) is 0 Å². The molecule has 3 aromatic carbocycles. The highest BCUT2D eigenvalue weighted by atomic mass is 19.4. The third-order valence-electron chi connectivity index (χ3n) is 7.94. The summed E-state index contributed by atoms with van der Waals surface area (Å²) in [6.07, 6.45) is -3.48. The van der Waals surface area contributed by atoms with Crippen molar-refractivity contribution in [3.63, 3.8) is 0 Å². The maximum absolute atomic E-state index is 13.6. The molecule has 0 aliphatic carbocycles. The molecule has 7 nitrogen and oxygen atoms in total. The van der Waals surface area contributed by atoms with E-state index in [2.05, 4.69) is 5.32 Å². The highest BCUT2D eigenvalue weighted by Gasteiger charge is 2.43. The summed E-state index contributed by atoms with van der Waals surface area (Å²) >= 11 is 0. The van der Waals surface area contributed by atoms with Gasteiger partial charge in [0, 0.05) is 25.2 Å². The van der Waals surface area contributed by atoms with Crippen molar-refractivity contribution < 1.29 is 41.7 Å². The molecular weight excluding hydrogens is 580 g/mol. The molecule has 4 rings (SSSR count). The molecule has 1 aliphatic heterocycles. The Morgan fingerprint density at radius 1 is 1.00 bits per heavy atom. The van der Waals surface area contributed by atoms with E-state index in [0.717, 1.165) is 28.8 Å². The SMILES string of the molecule is CCOc1cc(CNCCC2(CC)CC(=O)N(c3ccc(C(=O)O)c(C(F)(F)F)c3)C2)cc(OCC)c1-c1ccc(F)cc1. The number of carboxylic acids is 1. The van der Waals surface area contributed by atoms with Gasteiger partial charge in [0.15, 0.2) is 0 Å². The lowest BCUT2D eigenvalue weighted by Crippen LogP contribution is -2.31. The maximum atomic E-state index is 13.6. The van der Waals surface area contributed by atoms with Crippen molar-refractivity contribution in [3.05, 3.63) is 77.1 Å². The van der Waals surface area contributed by atoms with Gasteiger partial charge in [-0.3, -0.25) is 4.79 Å². The van der Waals surface area contributed by atoms with Gasteiger partial charge in [-0.05, 0) is 92.2 Å². The van der Waals surface area contributed by atoms with Crippen LogP contribution in [0, 0.1) is 11.2 Å². The molecule has 1 aliphatic rings. The summed E-state index contributed by atoms with van der Waals surface area (Å²) < 4.78 is 66.2. The van der Waals surface area contributed by atoms with Gasteiger partial charge in [0.05, 0.1) is 29.9 Å². The number of hydrogen-bond donors (Lipinski definition) is 2. The van der Waals surface area contributed by atoms with Crippen LogP contribution in [0.4, 0.5) is 23.2 Å². The van der Waals surface area contributed by atoms with E-state index in [4.69, 9.17) is 9.47 Å². The predicted octanol–water partition coefficient (Wildman–Crippen LogP) is 7.32. The van der Waals surface area contributed by atoms with Gasteiger partial charge in [0.2, 0.25) is 5.91 Å². The molecule has 0 saturated carbocycles. The molecule has 1 heterocycles. The average Bonchev–Trinajstić information content (AvgIpc) is 3.32. The van der Waals surface area contributed by atoms with Gasteiger partial charge in [0.25, 0.3) is 0 Å². The monoisotopic (exact) mass is 616 g/mol. The first-order valence-electron chi connectivity index (χ1n) is 14.6. The number of nitrogens with zero attached hydrogens (tertiary/aromatic N) is 1. The van der Waals surface area contributed by atoms with Crippen molar-refractivity contribution in [2.24, 2.45) is 5.41 Å². The number of nitrogens with one attached hydrogen (secondary N) is 1. The van der Waals surface area contributed by atoms with E-state index >= 15 is 0 Å². The number of carboxylic acid groups (broad SMARTS) is 1. The highest BCUT2D eigenvalue weighted by molar-refractivity contribution is 5.97. The smallest absolute Gasteiger partial charge is 0.417 e. The Morgan fingerprint density at radius 2 is 1.64 bits per heavy atom. The van der Waals surface area contributed by atoms with E-state index in [0.29, 0.717) is 50.6 Å². The summed E-state index contributed by atoms with van der Waals surface area (Å²) in [4.78, 5) is 25.7. The number of anilines is 1. The normalized spacial score (nSPS) is 16.8. The molecule has 1 amide bonds. The van der Waals surface area contributed by atoms with Crippen LogP contribution in [-0.2, 0) is 17.5 Å². The molecule has 44 heavy (non-hydrogen) atoms. The molecule has 0 spiro atoms. The van der Waals surface area contributed by atoms with Crippen LogP contribution < -0.4 is 19.7 Å². The second kappa shape index (κ2) is 13.7. The molecule has 11 heteroatoms. The Morgan fingerprint density at radius 3 is 2.18 bits per heavy atom. The molecule has 2 N–H and O–H groups in total. The quantitative estimate of drug-likeness (QED) is 0.155. The lowest BCUT2D eigenvalue weighted by Gasteiger charge is -2.28. The van der Waals surface area contributed by atoms with Crippen LogP contribution in [0.5, 0.6) is 11.5 Å². The summed E-state index contributed by atoms with van der Waals surface area (Å²) in [5.41, 5.74) is -0.179. The number of carbonyl (C=O) groups excluding carboxylic acids is 1. The van der Waals surface area contributed by atoms with Crippen LogP contribution in [-0.4, -0.2) is 43.3 Å². The zero-order chi connectivity index (χ0) is 32.1. The minimum Gasteiger partial charge on any atom is -0.493 e. The second-order valence-corrected chi connectivity index (χ2v) is 10.8. The van der Waals surface area contributed by atoms with Crippen LogP contribution >= 0.6 is 0 Å². The van der Waals surface area contributed by atoms with Crippen molar-refractivity contribution in [1.29, 1.82) is 0 Å². The van der Waals surface area contributed by atoms with Gasteiger partial charge in [-0.25, -0.2) is 9.18 Å². The summed E-state index contributed by atoms with van der Waals surface area (Å²) in [6, 6.07) is 12.8. The fraction of sp³-hybridized carbons (Fsp3) is 0.394. The van der Waals surface area contributed by atoms with Gasteiger partial charge in [-0.1, -0.05) is 19.1 Å². The molecule has 1 unspecified atom stereocenters. The third-order valence-corrected chi connectivity index (χ3v) is 7.94.